The number of nitriles is 1. The van der Waals surface area contributed by atoms with Crippen LogP contribution in [0.15, 0.2) is 24.3 Å². The predicted octanol–water partition coefficient (Wildman–Crippen LogP) is 2.25. The van der Waals surface area contributed by atoms with E-state index in [2.05, 4.69) is 5.32 Å². The van der Waals surface area contributed by atoms with Crippen LogP contribution in [-0.2, 0) is 4.79 Å². The summed E-state index contributed by atoms with van der Waals surface area (Å²) in [6.07, 6.45) is 0. The number of anilines is 1. The first kappa shape index (κ1) is 11.6. The highest BCUT2D eigenvalue weighted by molar-refractivity contribution is 7.99. The summed E-state index contributed by atoms with van der Waals surface area (Å²) in [5, 5.41) is 11.5. The highest BCUT2D eigenvalue weighted by Gasteiger charge is 2.05. The van der Waals surface area contributed by atoms with Crippen LogP contribution in [0.4, 0.5) is 5.69 Å². The van der Waals surface area contributed by atoms with Gasteiger partial charge in [-0.25, -0.2) is 0 Å². The van der Waals surface area contributed by atoms with Crippen molar-refractivity contribution in [2.24, 2.45) is 0 Å². The fraction of sp³-hybridized carbons (Fsp3) is 0.273. The molecule has 0 aliphatic carbocycles. The van der Waals surface area contributed by atoms with Crippen LogP contribution in [-0.4, -0.2) is 17.4 Å². The Labute approximate surface area is 93.5 Å². The van der Waals surface area contributed by atoms with Gasteiger partial charge in [0.15, 0.2) is 0 Å². The molecule has 4 heteroatoms. The highest BCUT2D eigenvalue weighted by Crippen LogP contribution is 2.13. The number of nitrogens with zero attached hydrogens (tertiary/aromatic N) is 1. The van der Waals surface area contributed by atoms with Crippen LogP contribution in [0, 0.1) is 11.3 Å². The third-order valence-corrected chi connectivity index (χ3v) is 2.63. The van der Waals surface area contributed by atoms with Gasteiger partial charge in [0.1, 0.15) is 6.07 Å². The Kier molecular flexibility index (Phi) is 4.72. The van der Waals surface area contributed by atoms with Crippen LogP contribution in [0.3, 0.4) is 0 Å². The van der Waals surface area contributed by atoms with Gasteiger partial charge in [0.25, 0.3) is 0 Å². The number of para-hydroxylation sites is 1. The van der Waals surface area contributed by atoms with E-state index in [1.165, 1.54) is 0 Å². The lowest BCUT2D eigenvalue weighted by Crippen LogP contribution is -2.14. The molecule has 0 bridgehead atoms. The number of carbonyl (C=O) groups excluding carboxylic acids is 1. The summed E-state index contributed by atoms with van der Waals surface area (Å²) in [5.74, 6) is 1.27. The lowest BCUT2D eigenvalue weighted by atomic mass is 10.2. The third-order valence-electron chi connectivity index (χ3n) is 1.76. The van der Waals surface area contributed by atoms with E-state index in [0.717, 1.165) is 5.75 Å². The van der Waals surface area contributed by atoms with Crippen LogP contribution in [0.25, 0.3) is 0 Å². The summed E-state index contributed by atoms with van der Waals surface area (Å²) < 4.78 is 0. The van der Waals surface area contributed by atoms with Gasteiger partial charge in [-0.1, -0.05) is 19.1 Å². The van der Waals surface area contributed by atoms with E-state index in [1.54, 1.807) is 36.0 Å². The predicted molar refractivity (Wildman–Crippen MR) is 62.8 cm³/mol. The Hall–Kier alpha value is -1.47. The number of hydrogen-bond donors (Lipinski definition) is 1. The van der Waals surface area contributed by atoms with Crippen LogP contribution in [0.2, 0.25) is 0 Å². The monoisotopic (exact) mass is 220 g/mol. The van der Waals surface area contributed by atoms with Crippen molar-refractivity contribution >= 4 is 23.4 Å². The number of nitrogens with one attached hydrogen (secondary N) is 1. The SMILES string of the molecule is CCSCC(=O)Nc1ccccc1C#N. The summed E-state index contributed by atoms with van der Waals surface area (Å²) in [6, 6.07) is 9.02. The van der Waals surface area contributed by atoms with Gasteiger partial charge in [-0.15, -0.1) is 0 Å². The van der Waals surface area contributed by atoms with Crippen molar-refractivity contribution in [3.05, 3.63) is 29.8 Å². The fourth-order valence-electron chi connectivity index (χ4n) is 1.07. The molecule has 1 rings (SSSR count). The molecule has 78 valence electrons. The molecule has 1 N–H and O–H groups in total. The molecule has 1 amide bonds. The first-order valence-corrected chi connectivity index (χ1v) is 5.80. The molecule has 0 atom stereocenters. The van der Waals surface area contributed by atoms with Gasteiger partial charge in [-0.05, 0) is 17.9 Å². The Morgan fingerprint density at radius 3 is 2.93 bits per heavy atom. The van der Waals surface area contributed by atoms with Gasteiger partial charge in [0.05, 0.1) is 17.0 Å². The van der Waals surface area contributed by atoms with Gasteiger partial charge < -0.3 is 5.32 Å². The van der Waals surface area contributed by atoms with E-state index in [0.29, 0.717) is 17.0 Å². The molecule has 15 heavy (non-hydrogen) atoms. The van der Waals surface area contributed by atoms with Gasteiger partial charge in [-0.2, -0.15) is 17.0 Å². The maximum atomic E-state index is 11.4. The van der Waals surface area contributed by atoms with Gasteiger partial charge >= 0.3 is 0 Å². The third kappa shape index (κ3) is 3.64. The number of carbonyl (C=O) groups is 1. The number of amides is 1. The van der Waals surface area contributed by atoms with Crippen molar-refractivity contribution in [2.45, 2.75) is 6.92 Å². The average molecular weight is 220 g/mol. The maximum absolute atomic E-state index is 11.4. The van der Waals surface area contributed by atoms with E-state index in [-0.39, 0.29) is 5.91 Å². The Morgan fingerprint density at radius 2 is 2.27 bits per heavy atom. The zero-order valence-corrected chi connectivity index (χ0v) is 9.30. The summed E-state index contributed by atoms with van der Waals surface area (Å²) in [5.41, 5.74) is 1.08. The quantitative estimate of drug-likeness (QED) is 0.846. The van der Waals surface area contributed by atoms with Crippen LogP contribution >= 0.6 is 11.8 Å². The molecule has 0 radical (unpaired) electrons. The largest absolute Gasteiger partial charge is 0.324 e. The molecule has 0 saturated heterocycles. The molecule has 1 aromatic carbocycles. The smallest absolute Gasteiger partial charge is 0.234 e. The van der Waals surface area contributed by atoms with Crippen molar-refractivity contribution in [2.75, 3.05) is 16.8 Å². The minimum Gasteiger partial charge on any atom is -0.324 e. The number of rotatable bonds is 4. The Bertz CT molecular complexity index is 384. The van der Waals surface area contributed by atoms with Crippen molar-refractivity contribution in [1.82, 2.24) is 0 Å². The summed E-state index contributed by atoms with van der Waals surface area (Å²) in [7, 11) is 0. The summed E-state index contributed by atoms with van der Waals surface area (Å²) >= 11 is 1.55. The molecular weight excluding hydrogens is 208 g/mol. The maximum Gasteiger partial charge on any atom is 0.234 e. The zero-order valence-electron chi connectivity index (χ0n) is 8.49. The second-order valence-corrected chi connectivity index (χ2v) is 4.12. The van der Waals surface area contributed by atoms with E-state index in [9.17, 15) is 4.79 Å². The van der Waals surface area contributed by atoms with Crippen molar-refractivity contribution in [3.63, 3.8) is 0 Å². The lowest BCUT2D eigenvalue weighted by molar-refractivity contribution is -0.113. The molecule has 0 fully saturated rings. The molecule has 3 nitrogen and oxygen atoms in total. The van der Waals surface area contributed by atoms with Crippen LogP contribution in [0.5, 0.6) is 0 Å². The molecule has 0 heterocycles. The molecule has 0 aliphatic heterocycles. The number of thioether (sulfide) groups is 1. The number of benzene rings is 1. The number of hydrogen-bond acceptors (Lipinski definition) is 3. The molecule has 1 aromatic rings. The molecule has 0 aromatic heterocycles. The Morgan fingerprint density at radius 1 is 1.53 bits per heavy atom. The average Bonchev–Trinajstić information content (AvgIpc) is 2.27. The van der Waals surface area contributed by atoms with E-state index < -0.39 is 0 Å². The molecule has 0 aliphatic rings. The summed E-state index contributed by atoms with van der Waals surface area (Å²) in [4.78, 5) is 11.4. The fourth-order valence-corrected chi connectivity index (χ4v) is 1.53. The van der Waals surface area contributed by atoms with Gasteiger partial charge in [-0.3, -0.25) is 4.79 Å². The van der Waals surface area contributed by atoms with Crippen LogP contribution in [0.1, 0.15) is 12.5 Å². The zero-order chi connectivity index (χ0) is 11.1. The normalized spacial score (nSPS) is 9.33. The first-order chi connectivity index (χ1) is 7.27. The van der Waals surface area contributed by atoms with Crippen molar-refractivity contribution in [1.29, 1.82) is 5.26 Å². The van der Waals surface area contributed by atoms with E-state index in [4.69, 9.17) is 5.26 Å². The molecule has 0 saturated carbocycles. The highest BCUT2D eigenvalue weighted by atomic mass is 32.2. The minimum atomic E-state index is -0.0652. The molecule has 0 spiro atoms. The second-order valence-electron chi connectivity index (χ2n) is 2.84. The van der Waals surface area contributed by atoms with Crippen LogP contribution < -0.4 is 5.32 Å². The standard InChI is InChI=1S/C11H12N2OS/c1-2-15-8-11(14)13-10-6-4-3-5-9(10)7-12/h3-6H,2,8H2,1H3,(H,13,14). The molecule has 0 unspecified atom stereocenters. The van der Waals surface area contributed by atoms with E-state index in [1.807, 2.05) is 13.0 Å². The Balaban J connectivity index is 2.64. The second kappa shape index (κ2) is 6.10. The topological polar surface area (TPSA) is 52.9 Å². The molecular formula is C11H12N2OS. The van der Waals surface area contributed by atoms with Gasteiger partial charge in [0.2, 0.25) is 5.91 Å². The first-order valence-electron chi connectivity index (χ1n) is 4.64. The van der Waals surface area contributed by atoms with Crippen molar-refractivity contribution < 1.29 is 4.79 Å². The minimum absolute atomic E-state index is 0.0652. The van der Waals surface area contributed by atoms with Gasteiger partial charge in [0, 0.05) is 0 Å². The van der Waals surface area contributed by atoms with Crippen molar-refractivity contribution in [3.8, 4) is 6.07 Å². The lowest BCUT2D eigenvalue weighted by Gasteiger charge is -2.05. The van der Waals surface area contributed by atoms with E-state index >= 15 is 0 Å². The summed E-state index contributed by atoms with van der Waals surface area (Å²) in [6.45, 7) is 2.00.